The van der Waals surface area contributed by atoms with Crippen LogP contribution in [0.4, 0.5) is 0 Å². The Labute approximate surface area is 125 Å². The van der Waals surface area contributed by atoms with Crippen LogP contribution in [-0.4, -0.2) is 33.6 Å². The summed E-state index contributed by atoms with van der Waals surface area (Å²) >= 11 is 0. The fourth-order valence-electron chi connectivity index (χ4n) is 2.76. The third kappa shape index (κ3) is 3.31. The van der Waals surface area contributed by atoms with Crippen LogP contribution in [0.2, 0.25) is 0 Å². The highest BCUT2D eigenvalue weighted by Crippen LogP contribution is 2.34. The Morgan fingerprint density at radius 2 is 2.14 bits per heavy atom. The van der Waals surface area contributed by atoms with Crippen molar-refractivity contribution in [1.29, 1.82) is 0 Å². The number of methoxy groups -OCH3 is 1. The SMILES string of the molecule is COCC(C)C(O)(Cn1cncn1)c1ccc(C)cc1C. The van der Waals surface area contributed by atoms with Gasteiger partial charge in [0.25, 0.3) is 0 Å². The quantitative estimate of drug-likeness (QED) is 0.884. The van der Waals surface area contributed by atoms with E-state index in [1.807, 2.05) is 32.9 Å². The van der Waals surface area contributed by atoms with Crippen LogP contribution in [0, 0.1) is 19.8 Å². The van der Waals surface area contributed by atoms with Gasteiger partial charge < -0.3 is 9.84 Å². The van der Waals surface area contributed by atoms with Crippen LogP contribution in [-0.2, 0) is 16.9 Å². The normalized spacial score (nSPS) is 15.7. The van der Waals surface area contributed by atoms with E-state index >= 15 is 0 Å². The smallest absolute Gasteiger partial charge is 0.137 e. The van der Waals surface area contributed by atoms with E-state index in [-0.39, 0.29) is 5.92 Å². The van der Waals surface area contributed by atoms with E-state index in [1.165, 1.54) is 11.9 Å². The first-order valence-corrected chi connectivity index (χ1v) is 7.09. The number of aryl methyl sites for hydroxylation is 2. The third-order valence-corrected chi connectivity index (χ3v) is 3.95. The molecule has 21 heavy (non-hydrogen) atoms. The van der Waals surface area contributed by atoms with Crippen molar-refractivity contribution < 1.29 is 9.84 Å². The van der Waals surface area contributed by atoms with Gasteiger partial charge in [-0.25, -0.2) is 9.67 Å². The van der Waals surface area contributed by atoms with Gasteiger partial charge in [-0.1, -0.05) is 30.7 Å². The second-order valence-electron chi connectivity index (χ2n) is 5.69. The number of benzene rings is 1. The zero-order valence-corrected chi connectivity index (χ0v) is 13.1. The molecular formula is C16H23N3O2. The molecule has 0 aliphatic rings. The van der Waals surface area contributed by atoms with Crippen molar-refractivity contribution in [1.82, 2.24) is 14.8 Å². The Kier molecular flexibility index (Phi) is 4.75. The Hall–Kier alpha value is -1.72. The van der Waals surface area contributed by atoms with Gasteiger partial charge in [-0.15, -0.1) is 0 Å². The van der Waals surface area contributed by atoms with E-state index in [0.717, 1.165) is 11.1 Å². The molecule has 5 nitrogen and oxygen atoms in total. The van der Waals surface area contributed by atoms with Gasteiger partial charge >= 0.3 is 0 Å². The summed E-state index contributed by atoms with van der Waals surface area (Å²) in [4.78, 5) is 3.95. The first kappa shape index (κ1) is 15.7. The highest BCUT2D eigenvalue weighted by molar-refractivity contribution is 5.35. The Morgan fingerprint density at radius 1 is 1.38 bits per heavy atom. The molecular weight excluding hydrogens is 266 g/mol. The molecule has 0 fully saturated rings. The van der Waals surface area contributed by atoms with Gasteiger partial charge in [0.15, 0.2) is 0 Å². The zero-order chi connectivity index (χ0) is 15.5. The van der Waals surface area contributed by atoms with Gasteiger partial charge in [-0.05, 0) is 25.0 Å². The molecule has 2 atom stereocenters. The summed E-state index contributed by atoms with van der Waals surface area (Å²) in [5.74, 6) is -0.0758. The highest BCUT2D eigenvalue weighted by Gasteiger charge is 2.37. The first-order chi connectivity index (χ1) is 9.97. The molecule has 0 aliphatic heterocycles. The molecule has 0 bridgehead atoms. The number of nitrogens with zero attached hydrogens (tertiary/aromatic N) is 3. The van der Waals surface area contributed by atoms with Crippen LogP contribution in [0.3, 0.4) is 0 Å². The molecule has 0 amide bonds. The number of rotatable bonds is 6. The standard InChI is InChI=1S/C16H23N3O2/c1-12-5-6-15(13(2)7-12)16(20,14(3)8-21-4)9-19-11-17-10-18-19/h5-7,10-11,14,20H,8-9H2,1-4H3. The second-order valence-corrected chi connectivity index (χ2v) is 5.69. The zero-order valence-electron chi connectivity index (χ0n) is 13.1. The summed E-state index contributed by atoms with van der Waals surface area (Å²) in [5, 5.41) is 15.5. The molecule has 0 saturated heterocycles. The summed E-state index contributed by atoms with van der Waals surface area (Å²) < 4.78 is 6.91. The van der Waals surface area contributed by atoms with Crippen molar-refractivity contribution in [3.05, 3.63) is 47.5 Å². The van der Waals surface area contributed by atoms with Gasteiger partial charge in [0.2, 0.25) is 0 Å². The van der Waals surface area contributed by atoms with Gasteiger partial charge in [0, 0.05) is 13.0 Å². The van der Waals surface area contributed by atoms with Crippen LogP contribution < -0.4 is 0 Å². The molecule has 1 aromatic carbocycles. The van der Waals surface area contributed by atoms with Gasteiger partial charge in [0.1, 0.15) is 18.3 Å². The van der Waals surface area contributed by atoms with E-state index < -0.39 is 5.60 Å². The lowest BCUT2D eigenvalue weighted by Crippen LogP contribution is -2.41. The van der Waals surface area contributed by atoms with Crippen LogP contribution in [0.1, 0.15) is 23.6 Å². The number of aliphatic hydroxyl groups is 1. The molecule has 0 radical (unpaired) electrons. The average molecular weight is 289 g/mol. The average Bonchev–Trinajstić information content (AvgIpc) is 2.91. The minimum absolute atomic E-state index is 0.0758. The molecule has 2 aromatic rings. The molecule has 2 rings (SSSR count). The third-order valence-electron chi connectivity index (χ3n) is 3.95. The monoisotopic (exact) mass is 289 g/mol. The maximum absolute atomic E-state index is 11.4. The van der Waals surface area contributed by atoms with Crippen molar-refractivity contribution in [2.75, 3.05) is 13.7 Å². The first-order valence-electron chi connectivity index (χ1n) is 7.09. The van der Waals surface area contributed by atoms with Gasteiger partial charge in [0.05, 0.1) is 13.2 Å². The minimum atomic E-state index is -1.05. The summed E-state index contributed by atoms with van der Waals surface area (Å²) in [6.45, 7) is 6.87. The van der Waals surface area contributed by atoms with E-state index in [9.17, 15) is 5.11 Å². The molecule has 1 N–H and O–H groups in total. The molecule has 1 aromatic heterocycles. The van der Waals surface area contributed by atoms with Crippen LogP contribution in [0.25, 0.3) is 0 Å². The molecule has 2 unspecified atom stereocenters. The maximum atomic E-state index is 11.4. The Bertz CT molecular complexity index is 583. The minimum Gasteiger partial charge on any atom is -0.384 e. The van der Waals surface area contributed by atoms with Crippen LogP contribution in [0.15, 0.2) is 30.9 Å². The summed E-state index contributed by atoms with van der Waals surface area (Å²) in [7, 11) is 1.65. The largest absolute Gasteiger partial charge is 0.384 e. The summed E-state index contributed by atoms with van der Waals surface area (Å²) in [5.41, 5.74) is 2.11. The van der Waals surface area contributed by atoms with E-state index in [4.69, 9.17) is 4.74 Å². The fraction of sp³-hybridized carbons (Fsp3) is 0.500. The Morgan fingerprint density at radius 3 is 2.71 bits per heavy atom. The van der Waals surface area contributed by atoms with Crippen molar-refractivity contribution in [2.24, 2.45) is 5.92 Å². The molecule has 114 valence electrons. The molecule has 0 saturated carbocycles. The lowest BCUT2D eigenvalue weighted by molar-refractivity contribution is -0.0609. The number of ether oxygens (including phenoxy) is 1. The second kappa shape index (κ2) is 6.37. The van der Waals surface area contributed by atoms with E-state index in [2.05, 4.69) is 16.1 Å². The highest BCUT2D eigenvalue weighted by atomic mass is 16.5. The molecule has 1 heterocycles. The maximum Gasteiger partial charge on any atom is 0.137 e. The predicted molar refractivity (Wildman–Crippen MR) is 80.9 cm³/mol. The van der Waals surface area contributed by atoms with Crippen molar-refractivity contribution >= 4 is 0 Å². The molecule has 0 spiro atoms. The Balaban J connectivity index is 2.43. The summed E-state index contributed by atoms with van der Waals surface area (Å²) in [6, 6.07) is 6.10. The number of hydrogen-bond acceptors (Lipinski definition) is 4. The fourth-order valence-corrected chi connectivity index (χ4v) is 2.76. The van der Waals surface area contributed by atoms with Crippen LogP contribution in [0.5, 0.6) is 0 Å². The van der Waals surface area contributed by atoms with Crippen molar-refractivity contribution in [2.45, 2.75) is 32.9 Å². The van der Waals surface area contributed by atoms with E-state index in [1.54, 1.807) is 18.1 Å². The number of hydrogen-bond donors (Lipinski definition) is 1. The predicted octanol–water partition coefficient (Wildman–Crippen LogP) is 2.07. The van der Waals surface area contributed by atoms with Crippen molar-refractivity contribution in [3.8, 4) is 0 Å². The lowest BCUT2D eigenvalue weighted by atomic mass is 9.80. The van der Waals surface area contributed by atoms with Crippen molar-refractivity contribution in [3.63, 3.8) is 0 Å². The molecule has 0 aliphatic carbocycles. The molecule has 5 heteroatoms. The van der Waals surface area contributed by atoms with Gasteiger partial charge in [-0.3, -0.25) is 0 Å². The summed E-state index contributed by atoms with van der Waals surface area (Å²) in [6.07, 6.45) is 3.09. The number of aromatic nitrogens is 3. The van der Waals surface area contributed by atoms with E-state index in [0.29, 0.717) is 13.2 Å². The van der Waals surface area contributed by atoms with Gasteiger partial charge in [-0.2, -0.15) is 5.10 Å². The lowest BCUT2D eigenvalue weighted by Gasteiger charge is -2.35. The topological polar surface area (TPSA) is 60.2 Å². The van der Waals surface area contributed by atoms with Crippen LogP contribution >= 0.6 is 0 Å².